The van der Waals surface area contributed by atoms with Gasteiger partial charge >= 0.3 is 0 Å². The minimum atomic E-state index is -4.20. The molecule has 0 heterocycles. The first-order chi connectivity index (χ1) is 17.6. The predicted molar refractivity (Wildman–Crippen MR) is 145 cm³/mol. The average molecular weight is 559 g/mol. The second kappa shape index (κ2) is 15.5. The molecule has 37 heavy (non-hydrogen) atoms. The molecule has 0 radical (unpaired) electrons. The van der Waals surface area contributed by atoms with Gasteiger partial charge in [-0.15, -0.1) is 0 Å². The van der Waals surface area contributed by atoms with Gasteiger partial charge in [0, 0.05) is 26.2 Å². The van der Waals surface area contributed by atoms with Crippen molar-refractivity contribution >= 4 is 20.0 Å². The van der Waals surface area contributed by atoms with Crippen LogP contribution >= 0.6 is 0 Å². The van der Waals surface area contributed by atoms with Gasteiger partial charge in [-0.3, -0.25) is 0 Å². The standard InChI is InChI=1S/C27H40F2N2O4S2/c1-3-5-7-9-19-30(21-24-11-15-26(28)16-12-24)36(32,33)23-37(34,35)31(20-10-8-6-4-2)22-25-13-17-27(29)18-14-25/h11-18H,3-10,19-23H2,1-2H3. The maximum absolute atomic E-state index is 13.5. The Labute approximate surface area is 221 Å². The largest absolute Gasteiger partial charge is 0.230 e. The van der Waals surface area contributed by atoms with Gasteiger partial charge in [0.1, 0.15) is 11.6 Å². The summed E-state index contributed by atoms with van der Waals surface area (Å²) in [5, 5.41) is -1.05. The molecule has 0 aliphatic rings. The molecule has 0 saturated carbocycles. The third kappa shape index (κ3) is 11.2. The molecule has 0 aliphatic carbocycles. The summed E-state index contributed by atoms with van der Waals surface area (Å²) in [5.41, 5.74) is 1.17. The summed E-state index contributed by atoms with van der Waals surface area (Å²) in [5.74, 6) is -0.855. The van der Waals surface area contributed by atoms with Crippen molar-refractivity contribution in [1.29, 1.82) is 0 Å². The number of nitrogens with zero attached hydrogens (tertiary/aromatic N) is 2. The fourth-order valence-corrected chi connectivity index (χ4v) is 8.19. The van der Waals surface area contributed by atoms with Crippen LogP contribution in [0.15, 0.2) is 48.5 Å². The quantitative estimate of drug-likeness (QED) is 0.209. The van der Waals surface area contributed by atoms with Gasteiger partial charge in [-0.1, -0.05) is 76.6 Å². The molecule has 0 saturated heterocycles. The third-order valence-electron chi connectivity index (χ3n) is 6.15. The zero-order valence-corrected chi connectivity index (χ0v) is 23.5. The van der Waals surface area contributed by atoms with Crippen LogP contribution in [0.1, 0.15) is 76.3 Å². The zero-order chi connectivity index (χ0) is 27.3. The Hall–Kier alpha value is -1.88. The first-order valence-electron chi connectivity index (χ1n) is 13.0. The molecule has 0 atom stereocenters. The molecule has 2 aromatic rings. The number of unbranched alkanes of at least 4 members (excludes halogenated alkanes) is 6. The highest BCUT2D eigenvalue weighted by molar-refractivity contribution is 8.05. The Morgan fingerprint density at radius 3 is 1.24 bits per heavy atom. The molecule has 2 rings (SSSR count). The van der Waals surface area contributed by atoms with Gasteiger partial charge in [0.05, 0.1) is 0 Å². The normalized spacial score (nSPS) is 12.5. The molecule has 10 heteroatoms. The van der Waals surface area contributed by atoms with E-state index in [9.17, 15) is 25.6 Å². The molecule has 6 nitrogen and oxygen atoms in total. The predicted octanol–water partition coefficient (Wildman–Crippen LogP) is 6.05. The van der Waals surface area contributed by atoms with E-state index in [0.29, 0.717) is 24.0 Å². The second-order valence-electron chi connectivity index (χ2n) is 9.38. The minimum absolute atomic E-state index is 0.0290. The number of sulfonamides is 2. The lowest BCUT2D eigenvalue weighted by atomic mass is 10.2. The van der Waals surface area contributed by atoms with Crippen molar-refractivity contribution < 1.29 is 25.6 Å². The van der Waals surface area contributed by atoms with E-state index in [0.717, 1.165) is 38.5 Å². The van der Waals surface area contributed by atoms with Gasteiger partial charge in [0.15, 0.2) is 5.08 Å². The zero-order valence-electron chi connectivity index (χ0n) is 21.9. The fraction of sp³-hybridized carbons (Fsp3) is 0.556. The van der Waals surface area contributed by atoms with E-state index in [1.807, 2.05) is 0 Å². The summed E-state index contributed by atoms with van der Waals surface area (Å²) < 4.78 is 83.0. The van der Waals surface area contributed by atoms with E-state index in [-0.39, 0.29) is 26.2 Å². The molecule has 0 fully saturated rings. The van der Waals surface area contributed by atoms with E-state index in [1.54, 1.807) is 0 Å². The van der Waals surface area contributed by atoms with Crippen LogP contribution in [0.5, 0.6) is 0 Å². The Kier molecular flexibility index (Phi) is 13.1. The van der Waals surface area contributed by atoms with Gasteiger partial charge in [-0.2, -0.15) is 8.61 Å². The van der Waals surface area contributed by atoms with Crippen LogP contribution in [0.3, 0.4) is 0 Å². The summed E-state index contributed by atoms with van der Waals surface area (Å²) in [4.78, 5) is 0. The molecule has 0 aliphatic heterocycles. The minimum Gasteiger partial charge on any atom is -0.211 e. The number of rotatable bonds is 18. The smallest absolute Gasteiger partial charge is 0.211 e. The van der Waals surface area contributed by atoms with Gasteiger partial charge in [0.25, 0.3) is 0 Å². The van der Waals surface area contributed by atoms with E-state index >= 15 is 0 Å². The Morgan fingerprint density at radius 1 is 0.568 bits per heavy atom. The van der Waals surface area contributed by atoms with Crippen LogP contribution in [0.4, 0.5) is 8.78 Å². The molecule has 0 amide bonds. The lowest BCUT2D eigenvalue weighted by molar-refractivity contribution is 0.385. The van der Waals surface area contributed by atoms with Gasteiger partial charge < -0.3 is 0 Å². The summed E-state index contributed by atoms with van der Waals surface area (Å²) in [6.07, 6.45) is 6.72. The third-order valence-corrected chi connectivity index (χ3v) is 10.7. The molecule has 0 unspecified atom stereocenters. The van der Waals surface area contributed by atoms with Crippen molar-refractivity contribution in [3.05, 3.63) is 71.3 Å². The van der Waals surface area contributed by atoms with Crippen LogP contribution < -0.4 is 0 Å². The lowest BCUT2D eigenvalue weighted by Crippen LogP contribution is -2.41. The van der Waals surface area contributed by atoms with E-state index in [4.69, 9.17) is 0 Å². The summed E-state index contributed by atoms with van der Waals surface area (Å²) in [6.45, 7) is 4.41. The van der Waals surface area contributed by atoms with Crippen LogP contribution in [-0.4, -0.2) is 43.6 Å². The second-order valence-corrected chi connectivity index (χ2v) is 13.7. The Morgan fingerprint density at radius 2 is 0.919 bits per heavy atom. The summed E-state index contributed by atoms with van der Waals surface area (Å²) in [7, 11) is -8.41. The number of hydrogen-bond acceptors (Lipinski definition) is 4. The van der Waals surface area contributed by atoms with Gasteiger partial charge in [-0.25, -0.2) is 25.6 Å². The highest BCUT2D eigenvalue weighted by Gasteiger charge is 2.33. The first kappa shape index (κ1) is 31.3. The van der Waals surface area contributed by atoms with Gasteiger partial charge in [0.2, 0.25) is 20.0 Å². The Bertz CT molecular complexity index is 1050. The van der Waals surface area contributed by atoms with E-state index in [1.165, 1.54) is 57.1 Å². The van der Waals surface area contributed by atoms with Crippen LogP contribution in [0.2, 0.25) is 0 Å². The summed E-state index contributed by atoms with van der Waals surface area (Å²) >= 11 is 0. The average Bonchev–Trinajstić information content (AvgIpc) is 2.84. The van der Waals surface area contributed by atoms with Crippen LogP contribution in [0.25, 0.3) is 0 Å². The molecular formula is C27H40F2N2O4S2. The molecule has 0 spiro atoms. The van der Waals surface area contributed by atoms with Crippen LogP contribution in [-0.2, 0) is 33.1 Å². The highest BCUT2D eigenvalue weighted by atomic mass is 32.3. The highest BCUT2D eigenvalue weighted by Crippen LogP contribution is 2.19. The first-order valence-corrected chi connectivity index (χ1v) is 16.2. The van der Waals surface area contributed by atoms with Gasteiger partial charge in [-0.05, 0) is 48.2 Å². The van der Waals surface area contributed by atoms with Crippen molar-refractivity contribution in [1.82, 2.24) is 8.61 Å². The molecule has 2 aromatic carbocycles. The van der Waals surface area contributed by atoms with Crippen LogP contribution in [0, 0.1) is 11.6 Å². The molecule has 0 bridgehead atoms. The number of halogens is 2. The molecule has 0 aromatic heterocycles. The van der Waals surface area contributed by atoms with E-state index in [2.05, 4.69) is 13.8 Å². The van der Waals surface area contributed by atoms with Crippen molar-refractivity contribution in [3.8, 4) is 0 Å². The molecular weight excluding hydrogens is 518 g/mol. The maximum atomic E-state index is 13.5. The molecule has 208 valence electrons. The number of benzene rings is 2. The maximum Gasteiger partial charge on any atom is 0.230 e. The van der Waals surface area contributed by atoms with E-state index < -0.39 is 36.8 Å². The monoisotopic (exact) mass is 558 g/mol. The SMILES string of the molecule is CCCCCCN(Cc1ccc(F)cc1)S(=O)(=O)CS(=O)(=O)N(CCCCCC)Cc1ccc(F)cc1. The van der Waals surface area contributed by atoms with Crippen molar-refractivity contribution in [2.45, 2.75) is 78.3 Å². The lowest BCUT2D eigenvalue weighted by Gasteiger charge is -2.26. The fourth-order valence-electron chi connectivity index (χ4n) is 3.99. The molecule has 0 N–H and O–H groups in total. The topological polar surface area (TPSA) is 74.8 Å². The number of hydrogen-bond donors (Lipinski definition) is 0. The summed E-state index contributed by atoms with van der Waals surface area (Å²) in [6, 6.07) is 11.1. The van der Waals surface area contributed by atoms with Crippen molar-refractivity contribution in [2.24, 2.45) is 0 Å². The van der Waals surface area contributed by atoms with Crippen molar-refractivity contribution in [2.75, 3.05) is 18.2 Å². The Balaban J connectivity index is 2.25. The van der Waals surface area contributed by atoms with Crippen molar-refractivity contribution in [3.63, 3.8) is 0 Å².